The number of amides is 1. The molecule has 6 nitrogen and oxygen atoms in total. The summed E-state index contributed by atoms with van der Waals surface area (Å²) in [6.45, 7) is 3.77. The van der Waals surface area contributed by atoms with E-state index in [2.05, 4.69) is 9.88 Å². The normalized spacial score (nSPS) is 12.1. The number of hydrogen-bond donors (Lipinski definition) is 1. The third-order valence-corrected chi connectivity index (χ3v) is 8.93. The molecule has 0 saturated heterocycles. The summed E-state index contributed by atoms with van der Waals surface area (Å²) in [4.78, 5) is 13.1. The minimum Gasteiger partial charge on any atom is -0.341 e. The number of hydrogen-bond acceptors (Lipinski definition) is 3. The van der Waals surface area contributed by atoms with Gasteiger partial charge in [0.05, 0.1) is 21.2 Å². The van der Waals surface area contributed by atoms with E-state index in [1.165, 1.54) is 12.1 Å². The van der Waals surface area contributed by atoms with Crippen LogP contribution in [0.5, 0.6) is 0 Å². The Morgan fingerprint density at radius 1 is 0.927 bits per heavy atom. The number of carbonyl (C=O) groups is 1. The van der Waals surface area contributed by atoms with Gasteiger partial charge in [0.2, 0.25) is 5.91 Å². The van der Waals surface area contributed by atoms with Gasteiger partial charge in [0.25, 0.3) is 10.0 Å². The maximum absolute atomic E-state index is 13.7. The van der Waals surface area contributed by atoms with Crippen LogP contribution in [0.1, 0.15) is 18.1 Å². The fourth-order valence-corrected chi connectivity index (χ4v) is 6.48. The zero-order chi connectivity index (χ0) is 29.5. The van der Waals surface area contributed by atoms with Crippen molar-refractivity contribution in [2.75, 3.05) is 16.2 Å². The van der Waals surface area contributed by atoms with Crippen LogP contribution in [0.3, 0.4) is 0 Å². The molecule has 0 bridgehead atoms. The first-order valence-electron chi connectivity index (χ1n) is 12.7. The number of carbonyl (C=O) groups excluding carboxylic acids is 1. The number of benzene rings is 4. The molecule has 5 aromatic rings. The lowest BCUT2D eigenvalue weighted by molar-refractivity contribution is -0.137. The van der Waals surface area contributed by atoms with Crippen molar-refractivity contribution in [2.45, 2.75) is 31.5 Å². The molecule has 0 radical (unpaired) electrons. The molecule has 11 heteroatoms. The van der Waals surface area contributed by atoms with Crippen LogP contribution in [0.4, 0.5) is 24.5 Å². The van der Waals surface area contributed by atoms with Crippen molar-refractivity contribution in [3.8, 4) is 0 Å². The second kappa shape index (κ2) is 10.8. The number of aromatic nitrogens is 1. The van der Waals surface area contributed by atoms with E-state index in [1.54, 1.807) is 31.2 Å². The summed E-state index contributed by atoms with van der Waals surface area (Å²) in [7, 11) is -4.44. The fourth-order valence-electron chi connectivity index (χ4n) is 4.84. The number of nitrogens with zero attached hydrogens (tertiary/aromatic N) is 2. The molecule has 41 heavy (non-hydrogen) atoms. The number of aryl methyl sites for hydroxylation is 2. The highest BCUT2D eigenvalue weighted by Gasteiger charge is 2.35. The van der Waals surface area contributed by atoms with Crippen LogP contribution < -0.4 is 9.62 Å². The van der Waals surface area contributed by atoms with E-state index in [0.717, 1.165) is 46.0 Å². The number of rotatable bonds is 7. The van der Waals surface area contributed by atoms with Gasteiger partial charge in [-0.25, -0.2) is 8.42 Å². The van der Waals surface area contributed by atoms with Gasteiger partial charge >= 0.3 is 6.18 Å². The van der Waals surface area contributed by atoms with Crippen molar-refractivity contribution in [1.82, 2.24) is 4.57 Å². The first-order chi connectivity index (χ1) is 19.4. The van der Waals surface area contributed by atoms with Gasteiger partial charge in [-0.05, 0) is 68.4 Å². The molecule has 1 heterocycles. The van der Waals surface area contributed by atoms with Crippen LogP contribution in [0.2, 0.25) is 5.02 Å². The molecule has 1 aromatic heterocycles. The molecule has 1 N–H and O–H groups in total. The van der Waals surface area contributed by atoms with Crippen LogP contribution >= 0.6 is 11.6 Å². The Morgan fingerprint density at radius 2 is 1.61 bits per heavy atom. The van der Waals surface area contributed by atoms with Crippen LogP contribution in [0, 0.1) is 6.92 Å². The highest BCUT2D eigenvalue weighted by atomic mass is 35.5. The number of fused-ring (bicyclic) bond motifs is 3. The van der Waals surface area contributed by atoms with Gasteiger partial charge in [-0.1, -0.05) is 47.5 Å². The Kier molecular flexibility index (Phi) is 7.48. The number of nitrogens with one attached hydrogen (secondary N) is 1. The molecule has 0 aliphatic carbocycles. The molecule has 4 aromatic carbocycles. The molecule has 0 atom stereocenters. The number of sulfonamides is 1. The summed E-state index contributed by atoms with van der Waals surface area (Å²) >= 11 is 5.78. The lowest BCUT2D eigenvalue weighted by Crippen LogP contribution is -2.38. The SMILES string of the molecule is CCn1c2ccccc2c2cc(NC(=O)CN(c3ccc(Cl)c(C(F)(F)F)c3)S(=O)(=O)c3ccc(C)cc3)ccc21. The highest BCUT2D eigenvalue weighted by Crippen LogP contribution is 2.38. The summed E-state index contributed by atoms with van der Waals surface area (Å²) in [6, 6.07) is 21.8. The van der Waals surface area contributed by atoms with E-state index in [0.29, 0.717) is 16.1 Å². The molecule has 0 saturated carbocycles. The minimum absolute atomic E-state index is 0.173. The third-order valence-electron chi connectivity index (χ3n) is 6.81. The zero-order valence-electron chi connectivity index (χ0n) is 22.0. The van der Waals surface area contributed by atoms with Crippen molar-refractivity contribution >= 4 is 60.7 Å². The van der Waals surface area contributed by atoms with Crippen LogP contribution in [-0.4, -0.2) is 25.4 Å². The summed E-state index contributed by atoms with van der Waals surface area (Å²) in [5.74, 6) is -0.734. The fraction of sp³-hybridized carbons (Fsp3) is 0.167. The Labute approximate surface area is 240 Å². The average molecular weight is 600 g/mol. The molecule has 0 unspecified atom stereocenters. The lowest BCUT2D eigenvalue weighted by Gasteiger charge is -2.25. The van der Waals surface area contributed by atoms with Gasteiger partial charge < -0.3 is 9.88 Å². The quantitative estimate of drug-likeness (QED) is 0.209. The van der Waals surface area contributed by atoms with Crippen molar-refractivity contribution < 1.29 is 26.4 Å². The molecule has 0 aliphatic rings. The first-order valence-corrected chi connectivity index (χ1v) is 14.5. The average Bonchev–Trinajstić information content (AvgIpc) is 3.24. The van der Waals surface area contributed by atoms with Crippen molar-refractivity contribution in [1.29, 1.82) is 0 Å². The summed E-state index contributed by atoms with van der Waals surface area (Å²) in [6.07, 6.45) is -4.83. The van der Waals surface area contributed by atoms with Crippen LogP contribution in [-0.2, 0) is 27.5 Å². The van der Waals surface area contributed by atoms with E-state index < -0.39 is 39.2 Å². The number of alkyl halides is 3. The molecule has 0 aliphatic heterocycles. The number of halogens is 4. The Bertz CT molecular complexity index is 1880. The smallest absolute Gasteiger partial charge is 0.341 e. The standard InChI is InChI=1S/C30H25ClF3N3O3S/c1-3-36-27-7-5-4-6-23(27)24-16-20(10-15-28(24)36)35-29(38)18-37(41(39,40)22-12-8-19(2)9-13-22)21-11-14-26(31)25(17-21)30(32,33)34/h4-17H,3,18H2,1-2H3,(H,35,38). The predicted molar refractivity (Wildman–Crippen MR) is 156 cm³/mol. The summed E-state index contributed by atoms with van der Waals surface area (Å²) < 4.78 is 71.0. The summed E-state index contributed by atoms with van der Waals surface area (Å²) in [5.41, 5.74) is 1.65. The van der Waals surface area contributed by atoms with Gasteiger partial charge in [0.15, 0.2) is 0 Å². The maximum Gasteiger partial charge on any atom is 0.417 e. The molecule has 1 amide bonds. The zero-order valence-corrected chi connectivity index (χ0v) is 23.6. The minimum atomic E-state index is -4.83. The molecular formula is C30H25ClF3N3O3S. The molecule has 5 rings (SSSR count). The topological polar surface area (TPSA) is 71.4 Å². The second-order valence-electron chi connectivity index (χ2n) is 9.53. The van der Waals surface area contributed by atoms with Crippen molar-refractivity contribution in [3.63, 3.8) is 0 Å². The second-order valence-corrected chi connectivity index (χ2v) is 11.8. The van der Waals surface area contributed by atoms with E-state index in [1.807, 2.05) is 37.3 Å². The maximum atomic E-state index is 13.7. The van der Waals surface area contributed by atoms with Gasteiger partial charge in [-0.3, -0.25) is 9.10 Å². The molecule has 212 valence electrons. The van der Waals surface area contributed by atoms with Crippen LogP contribution in [0.25, 0.3) is 21.8 Å². The van der Waals surface area contributed by atoms with Gasteiger partial charge in [-0.15, -0.1) is 0 Å². The third kappa shape index (κ3) is 5.49. The predicted octanol–water partition coefficient (Wildman–Crippen LogP) is 7.63. The van der Waals surface area contributed by atoms with E-state index in [9.17, 15) is 26.4 Å². The van der Waals surface area contributed by atoms with E-state index in [4.69, 9.17) is 11.6 Å². The first kappa shape index (κ1) is 28.5. The molecular weight excluding hydrogens is 575 g/mol. The Morgan fingerprint density at radius 3 is 2.29 bits per heavy atom. The highest BCUT2D eigenvalue weighted by molar-refractivity contribution is 7.92. The Hall–Kier alpha value is -4.02. The largest absolute Gasteiger partial charge is 0.417 e. The van der Waals surface area contributed by atoms with Crippen molar-refractivity contribution in [3.05, 3.63) is 101 Å². The monoisotopic (exact) mass is 599 g/mol. The van der Waals surface area contributed by atoms with Crippen molar-refractivity contribution in [2.24, 2.45) is 0 Å². The Balaban J connectivity index is 1.53. The van der Waals surface area contributed by atoms with Crippen LogP contribution in [0.15, 0.2) is 89.8 Å². The molecule has 0 fully saturated rings. The summed E-state index contributed by atoms with van der Waals surface area (Å²) in [5, 5.41) is 4.02. The molecule has 0 spiro atoms. The van der Waals surface area contributed by atoms with Gasteiger partial charge in [0.1, 0.15) is 6.54 Å². The van der Waals surface area contributed by atoms with E-state index in [-0.39, 0.29) is 10.6 Å². The lowest BCUT2D eigenvalue weighted by atomic mass is 10.1. The number of para-hydroxylation sites is 1. The van der Waals surface area contributed by atoms with Gasteiger partial charge in [0, 0.05) is 34.0 Å². The van der Waals surface area contributed by atoms with E-state index >= 15 is 0 Å². The van der Waals surface area contributed by atoms with Gasteiger partial charge in [-0.2, -0.15) is 13.2 Å². The number of anilines is 2.